The van der Waals surface area contributed by atoms with E-state index in [2.05, 4.69) is 20.9 Å². The minimum Gasteiger partial charge on any atom is -0.478 e. The highest BCUT2D eigenvalue weighted by Crippen LogP contribution is 2.34. The van der Waals surface area contributed by atoms with E-state index in [0.717, 1.165) is 10.0 Å². The van der Waals surface area contributed by atoms with Crippen LogP contribution in [0.15, 0.2) is 21.6 Å². The molecule has 1 N–H and O–H groups in total. The lowest BCUT2D eigenvalue weighted by Crippen LogP contribution is -1.97. The average molecular weight is 240 g/mol. The van der Waals surface area contributed by atoms with Gasteiger partial charge in [0.05, 0.1) is 11.3 Å². The van der Waals surface area contributed by atoms with Crippen molar-refractivity contribution in [3.8, 4) is 0 Å². The molecule has 1 aromatic rings. The van der Waals surface area contributed by atoms with Crippen LogP contribution < -0.4 is 0 Å². The van der Waals surface area contributed by atoms with Crippen molar-refractivity contribution in [1.82, 2.24) is 0 Å². The van der Waals surface area contributed by atoms with Crippen LogP contribution in [0.2, 0.25) is 0 Å². The van der Waals surface area contributed by atoms with Crippen LogP contribution in [-0.4, -0.2) is 17.3 Å². The lowest BCUT2D eigenvalue weighted by atomic mass is 10.1. The summed E-state index contributed by atoms with van der Waals surface area (Å²) in [6.45, 7) is 0. The second-order valence-electron chi connectivity index (χ2n) is 2.74. The quantitative estimate of drug-likeness (QED) is 0.819. The second-order valence-corrected chi connectivity index (χ2v) is 3.60. The molecule has 1 aromatic carbocycles. The van der Waals surface area contributed by atoms with E-state index in [4.69, 9.17) is 5.11 Å². The molecular formula is C9H6BrNO2. The number of carboxylic acid groups (broad SMARTS) is 1. The summed E-state index contributed by atoms with van der Waals surface area (Å²) in [5.74, 6) is -0.928. The Kier molecular flexibility index (Phi) is 1.92. The first kappa shape index (κ1) is 8.44. The lowest BCUT2D eigenvalue weighted by Gasteiger charge is -2.03. The van der Waals surface area contributed by atoms with Gasteiger partial charge in [0.2, 0.25) is 0 Å². The zero-order valence-corrected chi connectivity index (χ0v) is 8.21. The van der Waals surface area contributed by atoms with E-state index in [0.29, 0.717) is 12.1 Å². The third kappa shape index (κ3) is 1.27. The summed E-state index contributed by atoms with van der Waals surface area (Å²) in [5.41, 5.74) is 1.81. The standard InChI is InChI=1S/C9H6BrNO2/c10-7-2-1-6(9(12)13)8-5(7)3-4-11-8/h1-2,4H,3H2,(H,12,13). The molecule has 0 aromatic heterocycles. The molecule has 0 atom stereocenters. The molecule has 13 heavy (non-hydrogen) atoms. The lowest BCUT2D eigenvalue weighted by molar-refractivity contribution is 0.0698. The number of carbonyl (C=O) groups is 1. The molecule has 1 heterocycles. The molecule has 4 heteroatoms. The summed E-state index contributed by atoms with van der Waals surface area (Å²) in [5, 5.41) is 8.85. The molecular weight excluding hydrogens is 234 g/mol. The number of benzene rings is 1. The van der Waals surface area contributed by atoms with Crippen molar-refractivity contribution in [3.05, 3.63) is 27.7 Å². The Balaban J connectivity index is 2.68. The fraction of sp³-hybridized carbons (Fsp3) is 0.111. The van der Waals surface area contributed by atoms with E-state index < -0.39 is 5.97 Å². The number of hydrogen-bond donors (Lipinski definition) is 1. The maximum Gasteiger partial charge on any atom is 0.337 e. The Morgan fingerprint density at radius 3 is 3.00 bits per heavy atom. The average Bonchev–Trinajstić information content (AvgIpc) is 2.53. The molecule has 0 radical (unpaired) electrons. The van der Waals surface area contributed by atoms with Crippen LogP contribution in [0.5, 0.6) is 0 Å². The fourth-order valence-electron chi connectivity index (χ4n) is 1.35. The topological polar surface area (TPSA) is 49.7 Å². The van der Waals surface area contributed by atoms with Gasteiger partial charge in [0.1, 0.15) is 0 Å². The van der Waals surface area contributed by atoms with E-state index in [9.17, 15) is 4.79 Å². The van der Waals surface area contributed by atoms with Gasteiger partial charge in [-0.15, -0.1) is 0 Å². The van der Waals surface area contributed by atoms with E-state index >= 15 is 0 Å². The summed E-state index contributed by atoms with van der Waals surface area (Å²) in [6.07, 6.45) is 2.43. The third-order valence-corrected chi connectivity index (χ3v) is 2.71. The van der Waals surface area contributed by atoms with Crippen LogP contribution >= 0.6 is 15.9 Å². The first-order valence-electron chi connectivity index (χ1n) is 3.77. The number of fused-ring (bicyclic) bond motifs is 1. The van der Waals surface area contributed by atoms with Gasteiger partial charge < -0.3 is 5.11 Å². The monoisotopic (exact) mass is 239 g/mol. The van der Waals surface area contributed by atoms with Gasteiger partial charge >= 0.3 is 5.97 Å². The number of halogens is 1. The third-order valence-electron chi connectivity index (χ3n) is 1.97. The van der Waals surface area contributed by atoms with Gasteiger partial charge in [-0.3, -0.25) is 4.99 Å². The Morgan fingerprint density at radius 2 is 2.31 bits per heavy atom. The minimum absolute atomic E-state index is 0.270. The maximum absolute atomic E-state index is 10.8. The molecule has 66 valence electrons. The van der Waals surface area contributed by atoms with Crippen molar-refractivity contribution in [2.75, 3.05) is 0 Å². The number of aromatic carboxylic acids is 1. The maximum atomic E-state index is 10.8. The zero-order chi connectivity index (χ0) is 9.42. The molecule has 0 aliphatic carbocycles. The van der Waals surface area contributed by atoms with E-state index in [1.54, 1.807) is 18.3 Å². The largest absolute Gasteiger partial charge is 0.478 e. The minimum atomic E-state index is -0.928. The molecule has 0 unspecified atom stereocenters. The summed E-state index contributed by atoms with van der Waals surface area (Å²) < 4.78 is 0.921. The van der Waals surface area contributed by atoms with Crippen molar-refractivity contribution in [1.29, 1.82) is 0 Å². The summed E-state index contributed by atoms with van der Waals surface area (Å²) in [7, 11) is 0. The van der Waals surface area contributed by atoms with Crippen molar-refractivity contribution in [3.63, 3.8) is 0 Å². The number of rotatable bonds is 1. The van der Waals surface area contributed by atoms with Crippen LogP contribution in [0, 0.1) is 0 Å². The Labute approximate surface area is 83.2 Å². The van der Waals surface area contributed by atoms with Crippen molar-refractivity contribution < 1.29 is 9.90 Å². The summed E-state index contributed by atoms with van der Waals surface area (Å²) in [6, 6.07) is 3.31. The van der Waals surface area contributed by atoms with Gasteiger partial charge in [-0.2, -0.15) is 0 Å². The van der Waals surface area contributed by atoms with Crippen LogP contribution in [0.1, 0.15) is 15.9 Å². The number of aliphatic imine (C=N–C) groups is 1. The molecule has 0 saturated carbocycles. The molecule has 1 aliphatic rings. The highest BCUT2D eigenvalue weighted by Gasteiger charge is 2.18. The highest BCUT2D eigenvalue weighted by molar-refractivity contribution is 9.10. The molecule has 0 bridgehead atoms. The number of carboxylic acids is 1. The molecule has 0 spiro atoms. The van der Waals surface area contributed by atoms with E-state index in [-0.39, 0.29) is 5.56 Å². The molecule has 0 saturated heterocycles. The van der Waals surface area contributed by atoms with Gasteiger partial charge in [0.25, 0.3) is 0 Å². The molecule has 1 aliphatic heterocycles. The van der Waals surface area contributed by atoms with Crippen LogP contribution in [-0.2, 0) is 6.42 Å². The predicted octanol–water partition coefficient (Wildman–Crippen LogP) is 2.41. The fourth-order valence-corrected chi connectivity index (χ4v) is 1.84. The number of hydrogen-bond acceptors (Lipinski definition) is 2. The van der Waals surface area contributed by atoms with Gasteiger partial charge in [0.15, 0.2) is 0 Å². The van der Waals surface area contributed by atoms with Gasteiger partial charge in [-0.25, -0.2) is 4.79 Å². The van der Waals surface area contributed by atoms with Crippen molar-refractivity contribution >= 4 is 33.8 Å². The Bertz CT molecular complexity index is 412. The highest BCUT2D eigenvalue weighted by atomic mass is 79.9. The predicted molar refractivity (Wildman–Crippen MR) is 53.0 cm³/mol. The smallest absolute Gasteiger partial charge is 0.337 e. The van der Waals surface area contributed by atoms with Crippen LogP contribution in [0.3, 0.4) is 0 Å². The van der Waals surface area contributed by atoms with Gasteiger partial charge in [-0.1, -0.05) is 15.9 Å². The van der Waals surface area contributed by atoms with Crippen molar-refractivity contribution in [2.24, 2.45) is 4.99 Å². The molecule has 0 amide bonds. The van der Waals surface area contributed by atoms with Gasteiger partial charge in [-0.05, 0) is 17.7 Å². The van der Waals surface area contributed by atoms with Crippen LogP contribution in [0.25, 0.3) is 0 Å². The normalized spacial score (nSPS) is 13.0. The summed E-state index contributed by atoms with van der Waals surface area (Å²) in [4.78, 5) is 14.8. The van der Waals surface area contributed by atoms with E-state index in [1.807, 2.05) is 0 Å². The Morgan fingerprint density at radius 1 is 1.54 bits per heavy atom. The molecule has 2 rings (SSSR count). The van der Waals surface area contributed by atoms with Crippen LogP contribution in [0.4, 0.5) is 5.69 Å². The molecule has 3 nitrogen and oxygen atoms in total. The second kappa shape index (κ2) is 2.96. The zero-order valence-electron chi connectivity index (χ0n) is 6.62. The Hall–Kier alpha value is -1.16. The summed E-state index contributed by atoms with van der Waals surface area (Å²) >= 11 is 3.36. The van der Waals surface area contributed by atoms with Crippen molar-refractivity contribution in [2.45, 2.75) is 6.42 Å². The first-order chi connectivity index (χ1) is 6.20. The SMILES string of the molecule is O=C(O)c1ccc(Br)c2c1N=CC2. The first-order valence-corrected chi connectivity index (χ1v) is 4.56. The van der Waals surface area contributed by atoms with E-state index in [1.165, 1.54) is 0 Å². The number of nitrogens with zero attached hydrogens (tertiary/aromatic N) is 1. The van der Waals surface area contributed by atoms with Gasteiger partial charge in [0, 0.05) is 17.1 Å². The molecule has 0 fully saturated rings.